The van der Waals surface area contributed by atoms with Crippen LogP contribution in [-0.4, -0.2) is 4.92 Å². The van der Waals surface area contributed by atoms with Crippen LogP contribution in [0.25, 0.3) is 0 Å². The van der Waals surface area contributed by atoms with Crippen molar-refractivity contribution in [2.75, 3.05) is 5.32 Å². The number of nitro groups is 1. The first-order valence-corrected chi connectivity index (χ1v) is 6.65. The standard InChI is InChI=1S/C13H10BrClN2O2/c14-12-5-4-10(15)7-13(12)16-8-9-2-1-3-11(6-9)17(18)19/h1-7,16H,8H2. The first-order valence-electron chi connectivity index (χ1n) is 5.48. The first-order chi connectivity index (χ1) is 9.06. The molecule has 98 valence electrons. The number of nitro benzene ring substituents is 1. The van der Waals surface area contributed by atoms with Crippen LogP contribution < -0.4 is 5.32 Å². The van der Waals surface area contributed by atoms with Crippen LogP contribution in [0.5, 0.6) is 0 Å². The second kappa shape index (κ2) is 6.04. The molecule has 19 heavy (non-hydrogen) atoms. The maximum Gasteiger partial charge on any atom is 0.269 e. The van der Waals surface area contributed by atoms with Gasteiger partial charge in [-0.1, -0.05) is 23.7 Å². The molecule has 0 atom stereocenters. The van der Waals surface area contributed by atoms with Crippen molar-refractivity contribution in [1.82, 2.24) is 0 Å². The fraction of sp³-hybridized carbons (Fsp3) is 0.0769. The molecule has 2 aromatic carbocycles. The predicted octanol–water partition coefficient (Wildman–Crippen LogP) is 4.62. The summed E-state index contributed by atoms with van der Waals surface area (Å²) in [6.45, 7) is 0.487. The highest BCUT2D eigenvalue weighted by Crippen LogP contribution is 2.26. The Hall–Kier alpha value is -1.59. The molecule has 0 aliphatic rings. The number of nitrogens with one attached hydrogen (secondary N) is 1. The van der Waals surface area contributed by atoms with Crippen molar-refractivity contribution < 1.29 is 4.92 Å². The molecule has 6 heteroatoms. The third-order valence-corrected chi connectivity index (χ3v) is 3.46. The molecule has 1 N–H and O–H groups in total. The van der Waals surface area contributed by atoms with Gasteiger partial charge in [0.2, 0.25) is 0 Å². The van der Waals surface area contributed by atoms with Gasteiger partial charge >= 0.3 is 0 Å². The van der Waals surface area contributed by atoms with Gasteiger partial charge in [-0.25, -0.2) is 0 Å². The number of halogens is 2. The van der Waals surface area contributed by atoms with Crippen LogP contribution in [0.3, 0.4) is 0 Å². The molecule has 0 aromatic heterocycles. The highest BCUT2D eigenvalue weighted by molar-refractivity contribution is 9.10. The minimum Gasteiger partial charge on any atom is -0.380 e. The molecule has 0 amide bonds. The molecular formula is C13H10BrClN2O2. The summed E-state index contributed by atoms with van der Waals surface area (Å²) in [5, 5.41) is 14.5. The fourth-order valence-electron chi connectivity index (χ4n) is 1.61. The van der Waals surface area contributed by atoms with Crippen molar-refractivity contribution in [2.45, 2.75) is 6.54 Å². The van der Waals surface area contributed by atoms with Crippen molar-refractivity contribution in [2.24, 2.45) is 0 Å². The van der Waals surface area contributed by atoms with Gasteiger partial charge in [0.25, 0.3) is 5.69 Å². The van der Waals surface area contributed by atoms with Gasteiger partial charge < -0.3 is 5.32 Å². The Labute approximate surface area is 123 Å². The Morgan fingerprint density at radius 1 is 1.26 bits per heavy atom. The maximum absolute atomic E-state index is 10.7. The van der Waals surface area contributed by atoms with E-state index in [0.717, 1.165) is 15.7 Å². The third kappa shape index (κ3) is 3.68. The van der Waals surface area contributed by atoms with E-state index in [1.807, 2.05) is 12.1 Å². The van der Waals surface area contributed by atoms with Gasteiger partial charge in [-0.05, 0) is 39.7 Å². The highest BCUT2D eigenvalue weighted by Gasteiger charge is 2.06. The van der Waals surface area contributed by atoms with Crippen molar-refractivity contribution in [3.8, 4) is 0 Å². The summed E-state index contributed by atoms with van der Waals surface area (Å²) in [4.78, 5) is 10.3. The quantitative estimate of drug-likeness (QED) is 0.652. The lowest BCUT2D eigenvalue weighted by atomic mass is 10.2. The normalized spacial score (nSPS) is 10.2. The second-order valence-corrected chi connectivity index (χ2v) is 5.20. The highest BCUT2D eigenvalue weighted by atomic mass is 79.9. The van der Waals surface area contributed by atoms with Gasteiger partial charge in [-0.2, -0.15) is 0 Å². The van der Waals surface area contributed by atoms with E-state index in [2.05, 4.69) is 21.2 Å². The maximum atomic E-state index is 10.7. The van der Waals surface area contributed by atoms with E-state index in [0.29, 0.717) is 11.6 Å². The van der Waals surface area contributed by atoms with E-state index in [1.165, 1.54) is 6.07 Å². The molecule has 4 nitrogen and oxygen atoms in total. The number of nitrogens with zero attached hydrogens (tertiary/aromatic N) is 1. The molecule has 0 radical (unpaired) electrons. The van der Waals surface area contributed by atoms with E-state index < -0.39 is 4.92 Å². The fourth-order valence-corrected chi connectivity index (χ4v) is 2.17. The van der Waals surface area contributed by atoms with Crippen molar-refractivity contribution in [3.05, 3.63) is 67.6 Å². The Bertz CT molecular complexity index is 619. The van der Waals surface area contributed by atoms with Crippen molar-refractivity contribution in [1.29, 1.82) is 0 Å². The number of hydrogen-bond acceptors (Lipinski definition) is 3. The van der Waals surface area contributed by atoms with Gasteiger partial charge in [-0.3, -0.25) is 10.1 Å². The van der Waals surface area contributed by atoms with E-state index >= 15 is 0 Å². The van der Waals surface area contributed by atoms with Gasteiger partial charge in [0.15, 0.2) is 0 Å². The molecule has 0 bridgehead atoms. The Kier molecular flexibility index (Phi) is 4.39. The Morgan fingerprint density at radius 2 is 2.05 bits per heavy atom. The smallest absolute Gasteiger partial charge is 0.269 e. The number of rotatable bonds is 4. The number of hydrogen-bond donors (Lipinski definition) is 1. The summed E-state index contributed by atoms with van der Waals surface area (Å²) in [6, 6.07) is 11.9. The SMILES string of the molecule is O=[N+]([O-])c1cccc(CNc2cc(Cl)ccc2Br)c1. The summed E-state index contributed by atoms with van der Waals surface area (Å²) >= 11 is 9.33. The second-order valence-electron chi connectivity index (χ2n) is 3.90. The van der Waals surface area contributed by atoms with Gasteiger partial charge in [0.05, 0.1) is 10.6 Å². The average molecular weight is 342 g/mol. The van der Waals surface area contributed by atoms with Gasteiger partial charge in [0.1, 0.15) is 0 Å². The van der Waals surface area contributed by atoms with Crippen LogP contribution in [-0.2, 0) is 6.54 Å². The first kappa shape index (κ1) is 13.8. The zero-order valence-corrected chi connectivity index (χ0v) is 12.1. The molecular weight excluding hydrogens is 332 g/mol. The summed E-state index contributed by atoms with van der Waals surface area (Å²) in [5.74, 6) is 0. The van der Waals surface area contributed by atoms with E-state index in [1.54, 1.807) is 24.3 Å². The Balaban J connectivity index is 2.12. The third-order valence-electron chi connectivity index (χ3n) is 2.53. The van der Waals surface area contributed by atoms with Gasteiger partial charge in [0, 0.05) is 28.2 Å². The van der Waals surface area contributed by atoms with Crippen LogP contribution in [0.2, 0.25) is 5.02 Å². The van der Waals surface area contributed by atoms with Crippen LogP contribution >= 0.6 is 27.5 Å². The minimum absolute atomic E-state index is 0.0875. The molecule has 2 aromatic rings. The topological polar surface area (TPSA) is 55.2 Å². The van der Waals surface area contributed by atoms with Crippen LogP contribution in [0, 0.1) is 10.1 Å². The van der Waals surface area contributed by atoms with Crippen LogP contribution in [0.4, 0.5) is 11.4 Å². The Morgan fingerprint density at radius 3 is 2.79 bits per heavy atom. The number of benzene rings is 2. The van der Waals surface area contributed by atoms with Crippen molar-refractivity contribution in [3.63, 3.8) is 0 Å². The van der Waals surface area contributed by atoms with Crippen molar-refractivity contribution >= 4 is 38.9 Å². The molecule has 0 saturated carbocycles. The summed E-state index contributed by atoms with van der Waals surface area (Å²) in [7, 11) is 0. The van der Waals surface area contributed by atoms with Crippen LogP contribution in [0.1, 0.15) is 5.56 Å². The monoisotopic (exact) mass is 340 g/mol. The number of anilines is 1. The molecule has 0 aliphatic carbocycles. The summed E-state index contributed by atoms with van der Waals surface area (Å²) < 4.78 is 0.891. The lowest BCUT2D eigenvalue weighted by molar-refractivity contribution is -0.384. The van der Waals surface area contributed by atoms with E-state index in [4.69, 9.17) is 11.6 Å². The predicted molar refractivity (Wildman–Crippen MR) is 79.6 cm³/mol. The molecule has 0 heterocycles. The molecule has 0 unspecified atom stereocenters. The summed E-state index contributed by atoms with van der Waals surface area (Å²) in [5.41, 5.74) is 1.77. The lowest BCUT2D eigenvalue weighted by Crippen LogP contribution is -2.00. The van der Waals surface area contributed by atoms with Gasteiger partial charge in [-0.15, -0.1) is 0 Å². The lowest BCUT2D eigenvalue weighted by Gasteiger charge is -2.09. The summed E-state index contributed by atoms with van der Waals surface area (Å²) in [6.07, 6.45) is 0. The molecule has 2 rings (SSSR count). The van der Waals surface area contributed by atoms with Crippen LogP contribution in [0.15, 0.2) is 46.9 Å². The minimum atomic E-state index is -0.404. The zero-order chi connectivity index (χ0) is 13.8. The average Bonchev–Trinajstić information content (AvgIpc) is 2.40. The van der Waals surface area contributed by atoms with E-state index in [-0.39, 0.29) is 5.69 Å². The molecule has 0 saturated heterocycles. The molecule has 0 aliphatic heterocycles. The zero-order valence-electron chi connectivity index (χ0n) is 9.77. The molecule has 0 fully saturated rings. The largest absolute Gasteiger partial charge is 0.380 e. The molecule has 0 spiro atoms. The van der Waals surface area contributed by atoms with E-state index in [9.17, 15) is 10.1 Å². The number of non-ortho nitro benzene ring substituents is 1.